The molecule has 13 heavy (non-hydrogen) atoms. The van der Waals surface area contributed by atoms with Crippen molar-refractivity contribution in [2.75, 3.05) is 5.75 Å². The van der Waals surface area contributed by atoms with Crippen molar-refractivity contribution in [2.45, 2.75) is 11.8 Å². The molecule has 1 aliphatic rings. The Morgan fingerprint density at radius 3 is 3.23 bits per heavy atom. The molecule has 0 aromatic carbocycles. The number of carbonyl (C=O) groups excluding carboxylic acids is 1. The van der Waals surface area contributed by atoms with Gasteiger partial charge in [0, 0.05) is 12.2 Å². The van der Waals surface area contributed by atoms with Gasteiger partial charge in [-0.15, -0.1) is 11.8 Å². The third-order valence-electron chi connectivity index (χ3n) is 1.78. The first-order chi connectivity index (χ1) is 6.36. The summed E-state index contributed by atoms with van der Waals surface area (Å²) < 4.78 is 5.06. The van der Waals surface area contributed by atoms with Gasteiger partial charge in [-0.1, -0.05) is 0 Å². The lowest BCUT2D eigenvalue weighted by atomic mass is 10.3. The fourth-order valence-electron chi connectivity index (χ4n) is 1.12. The number of carbonyl (C=O) groups is 1. The Bertz CT molecular complexity index is 318. The second kappa shape index (κ2) is 3.79. The lowest BCUT2D eigenvalue weighted by Gasteiger charge is -1.96. The van der Waals surface area contributed by atoms with Crippen LogP contribution >= 0.6 is 11.8 Å². The number of hydrogen-bond donors (Lipinski definition) is 0. The van der Waals surface area contributed by atoms with Crippen molar-refractivity contribution >= 4 is 23.8 Å². The summed E-state index contributed by atoms with van der Waals surface area (Å²) in [6.45, 7) is 0. The summed E-state index contributed by atoms with van der Waals surface area (Å²) in [5.41, 5.74) is 0. The molecule has 1 fully saturated rings. The van der Waals surface area contributed by atoms with E-state index in [0.717, 1.165) is 5.75 Å². The molecule has 0 N–H and O–H groups in total. The van der Waals surface area contributed by atoms with Crippen LogP contribution in [0, 0.1) is 0 Å². The number of nitrogens with zero attached hydrogens (tertiary/aromatic N) is 1. The Balaban J connectivity index is 2.01. The van der Waals surface area contributed by atoms with Gasteiger partial charge in [-0.3, -0.25) is 9.79 Å². The van der Waals surface area contributed by atoms with E-state index >= 15 is 0 Å². The predicted octanol–water partition coefficient (Wildman–Crippen LogP) is 1.73. The third-order valence-corrected chi connectivity index (χ3v) is 2.92. The van der Waals surface area contributed by atoms with Crippen molar-refractivity contribution in [2.24, 2.45) is 4.99 Å². The second-order valence-electron chi connectivity index (χ2n) is 2.73. The van der Waals surface area contributed by atoms with Crippen molar-refractivity contribution in [3.8, 4) is 0 Å². The van der Waals surface area contributed by atoms with Crippen LogP contribution in [0.3, 0.4) is 0 Å². The number of hydrogen-bond acceptors (Lipinski definition) is 4. The number of rotatable bonds is 2. The van der Waals surface area contributed by atoms with Gasteiger partial charge in [0.2, 0.25) is 0 Å². The highest BCUT2D eigenvalue weighted by molar-refractivity contribution is 8.01. The molecule has 68 valence electrons. The fourth-order valence-corrected chi connectivity index (χ4v) is 2.11. The SMILES string of the molecule is O=C1CCSC1N=Cc1ccco1. The van der Waals surface area contributed by atoms with E-state index in [1.54, 1.807) is 30.3 Å². The maximum absolute atomic E-state index is 11.2. The number of aliphatic imine (C=N–C) groups is 1. The maximum Gasteiger partial charge on any atom is 0.168 e. The molecule has 1 aliphatic heterocycles. The van der Waals surface area contributed by atoms with E-state index in [-0.39, 0.29) is 11.2 Å². The molecule has 0 radical (unpaired) electrons. The quantitative estimate of drug-likeness (QED) is 0.675. The molecule has 0 saturated carbocycles. The molecular formula is C9H9NO2S. The average molecular weight is 195 g/mol. The molecule has 1 saturated heterocycles. The first-order valence-electron chi connectivity index (χ1n) is 4.07. The van der Waals surface area contributed by atoms with Gasteiger partial charge in [-0.05, 0) is 12.1 Å². The average Bonchev–Trinajstić information content (AvgIpc) is 2.72. The van der Waals surface area contributed by atoms with Crippen LogP contribution in [0.4, 0.5) is 0 Å². The van der Waals surface area contributed by atoms with E-state index in [9.17, 15) is 4.79 Å². The standard InChI is InChI=1S/C9H9NO2S/c11-8-3-5-13-9(8)10-6-7-2-1-4-12-7/h1-2,4,6,9H,3,5H2. The summed E-state index contributed by atoms with van der Waals surface area (Å²) in [5.74, 6) is 1.80. The van der Waals surface area contributed by atoms with Crippen molar-refractivity contribution < 1.29 is 9.21 Å². The molecule has 0 aliphatic carbocycles. The van der Waals surface area contributed by atoms with Gasteiger partial charge in [-0.25, -0.2) is 0 Å². The van der Waals surface area contributed by atoms with Crippen molar-refractivity contribution in [3.05, 3.63) is 24.2 Å². The molecule has 0 spiro atoms. The molecule has 1 atom stereocenters. The Morgan fingerprint density at radius 1 is 1.69 bits per heavy atom. The van der Waals surface area contributed by atoms with Crippen LogP contribution in [0.5, 0.6) is 0 Å². The van der Waals surface area contributed by atoms with Gasteiger partial charge >= 0.3 is 0 Å². The van der Waals surface area contributed by atoms with Crippen molar-refractivity contribution in [3.63, 3.8) is 0 Å². The summed E-state index contributed by atoms with van der Waals surface area (Å²) in [4.78, 5) is 15.3. The fraction of sp³-hybridized carbons (Fsp3) is 0.333. The Morgan fingerprint density at radius 2 is 2.62 bits per heavy atom. The Kier molecular flexibility index (Phi) is 2.49. The zero-order valence-electron chi connectivity index (χ0n) is 6.97. The topological polar surface area (TPSA) is 42.6 Å². The summed E-state index contributed by atoms with van der Waals surface area (Å²) in [6, 6.07) is 3.61. The molecule has 4 heteroatoms. The second-order valence-corrected chi connectivity index (χ2v) is 3.92. The lowest BCUT2D eigenvalue weighted by molar-refractivity contribution is -0.117. The van der Waals surface area contributed by atoms with Crippen LogP contribution in [0.15, 0.2) is 27.8 Å². The van der Waals surface area contributed by atoms with Crippen LogP contribution in [0.2, 0.25) is 0 Å². The molecule has 3 nitrogen and oxygen atoms in total. The highest BCUT2D eigenvalue weighted by Crippen LogP contribution is 2.23. The summed E-state index contributed by atoms with van der Waals surface area (Å²) in [5, 5.41) is -0.204. The van der Waals surface area contributed by atoms with Crippen LogP contribution in [0.1, 0.15) is 12.2 Å². The molecular weight excluding hydrogens is 186 g/mol. The molecule has 0 amide bonds. The maximum atomic E-state index is 11.2. The largest absolute Gasteiger partial charge is 0.463 e. The minimum absolute atomic E-state index is 0.204. The number of furan rings is 1. The number of thioether (sulfide) groups is 1. The molecule has 1 aromatic heterocycles. The van der Waals surface area contributed by atoms with E-state index in [2.05, 4.69) is 4.99 Å². The zero-order valence-corrected chi connectivity index (χ0v) is 7.79. The van der Waals surface area contributed by atoms with Gasteiger partial charge in [0.1, 0.15) is 5.76 Å². The number of ketones is 1. The summed E-state index contributed by atoms with van der Waals surface area (Å²) in [6.07, 6.45) is 3.84. The number of Topliss-reactive ketones (excluding diaryl/α,β-unsaturated/α-hetero) is 1. The molecule has 1 aromatic rings. The first-order valence-corrected chi connectivity index (χ1v) is 5.12. The highest BCUT2D eigenvalue weighted by Gasteiger charge is 2.23. The van der Waals surface area contributed by atoms with Gasteiger partial charge in [0.05, 0.1) is 12.5 Å². The third kappa shape index (κ3) is 2.01. The van der Waals surface area contributed by atoms with Gasteiger partial charge in [0.25, 0.3) is 0 Å². The van der Waals surface area contributed by atoms with E-state index < -0.39 is 0 Å². The monoisotopic (exact) mass is 195 g/mol. The van der Waals surface area contributed by atoms with E-state index in [4.69, 9.17) is 4.42 Å². The zero-order chi connectivity index (χ0) is 9.10. The normalized spacial score (nSPS) is 23.1. The van der Waals surface area contributed by atoms with Crippen LogP contribution in [0.25, 0.3) is 0 Å². The Labute approximate surface area is 80.2 Å². The van der Waals surface area contributed by atoms with Crippen LogP contribution in [-0.2, 0) is 4.79 Å². The van der Waals surface area contributed by atoms with E-state index in [0.29, 0.717) is 12.2 Å². The van der Waals surface area contributed by atoms with Crippen LogP contribution in [-0.4, -0.2) is 23.1 Å². The minimum atomic E-state index is -0.204. The summed E-state index contributed by atoms with van der Waals surface area (Å²) in [7, 11) is 0. The first kappa shape index (κ1) is 8.56. The molecule has 0 bridgehead atoms. The smallest absolute Gasteiger partial charge is 0.168 e. The van der Waals surface area contributed by atoms with Gasteiger partial charge in [-0.2, -0.15) is 0 Å². The minimum Gasteiger partial charge on any atom is -0.463 e. The van der Waals surface area contributed by atoms with E-state index in [1.807, 2.05) is 6.07 Å². The highest BCUT2D eigenvalue weighted by atomic mass is 32.2. The van der Waals surface area contributed by atoms with Crippen molar-refractivity contribution in [1.82, 2.24) is 0 Å². The lowest BCUT2D eigenvalue weighted by Crippen LogP contribution is -2.06. The molecule has 1 unspecified atom stereocenters. The van der Waals surface area contributed by atoms with Crippen molar-refractivity contribution in [1.29, 1.82) is 0 Å². The van der Waals surface area contributed by atoms with Crippen LogP contribution < -0.4 is 0 Å². The van der Waals surface area contributed by atoms with E-state index in [1.165, 1.54) is 0 Å². The molecule has 2 heterocycles. The van der Waals surface area contributed by atoms with Gasteiger partial charge < -0.3 is 4.42 Å². The predicted molar refractivity (Wildman–Crippen MR) is 52.2 cm³/mol. The van der Waals surface area contributed by atoms with Gasteiger partial charge in [0.15, 0.2) is 11.2 Å². The molecule has 2 rings (SSSR count). The Hall–Kier alpha value is -1.03. The summed E-state index contributed by atoms with van der Waals surface area (Å²) >= 11 is 1.58.